The van der Waals surface area contributed by atoms with Gasteiger partial charge in [-0.15, -0.1) is 0 Å². The Morgan fingerprint density at radius 2 is 2.04 bits per heavy atom. The highest BCUT2D eigenvalue weighted by Gasteiger charge is 2.19. The van der Waals surface area contributed by atoms with Crippen LogP contribution in [0.5, 0.6) is 0 Å². The van der Waals surface area contributed by atoms with Crippen LogP contribution in [-0.2, 0) is 11.2 Å². The molecule has 7 nitrogen and oxygen atoms in total. The molecule has 1 aromatic carbocycles. The monoisotopic (exact) mass is 364 g/mol. The fourth-order valence-electron chi connectivity index (χ4n) is 2.75. The summed E-state index contributed by atoms with van der Waals surface area (Å²) in [6.45, 7) is 9.09. The van der Waals surface area contributed by atoms with Crippen LogP contribution in [0.15, 0.2) is 36.5 Å². The normalized spacial score (nSPS) is 10.8. The number of hydrogen-bond donors (Lipinski definition) is 3. The number of benzene rings is 1. The van der Waals surface area contributed by atoms with Gasteiger partial charge in [-0.3, -0.25) is 4.79 Å². The van der Waals surface area contributed by atoms with Gasteiger partial charge in [0, 0.05) is 29.4 Å². The van der Waals surface area contributed by atoms with E-state index in [1.165, 1.54) is 6.20 Å². The number of carbonyl (C=O) groups is 2. The number of rotatable bonds is 5. The smallest absolute Gasteiger partial charge is 0.338 e. The van der Waals surface area contributed by atoms with Crippen LogP contribution in [0.25, 0.3) is 22.3 Å². The number of fused-ring (bicyclic) bond motifs is 1. The Morgan fingerprint density at radius 1 is 1.30 bits per heavy atom. The molecule has 3 N–H and O–H groups in total. The van der Waals surface area contributed by atoms with Gasteiger partial charge in [0.2, 0.25) is 0 Å². The van der Waals surface area contributed by atoms with Crippen molar-refractivity contribution in [1.82, 2.24) is 15.0 Å². The summed E-state index contributed by atoms with van der Waals surface area (Å²) >= 11 is 0. The third kappa shape index (κ3) is 3.44. The molecule has 27 heavy (non-hydrogen) atoms. The molecule has 0 aliphatic carbocycles. The Hall–Kier alpha value is -3.48. The first-order valence-electron chi connectivity index (χ1n) is 8.51. The number of carboxylic acids is 1. The van der Waals surface area contributed by atoms with Gasteiger partial charge < -0.3 is 15.4 Å². The lowest BCUT2D eigenvalue weighted by Gasteiger charge is -2.12. The molecule has 0 aliphatic rings. The second-order valence-electron chi connectivity index (χ2n) is 6.34. The van der Waals surface area contributed by atoms with Crippen molar-refractivity contribution >= 4 is 28.6 Å². The molecule has 0 saturated carbocycles. The number of amides is 1. The fourth-order valence-corrected chi connectivity index (χ4v) is 2.75. The zero-order chi connectivity index (χ0) is 19.7. The number of nitrogens with one attached hydrogen (secondary N) is 2. The average molecular weight is 364 g/mol. The van der Waals surface area contributed by atoms with Crippen LogP contribution in [0.1, 0.15) is 35.6 Å². The Labute approximate surface area is 156 Å². The van der Waals surface area contributed by atoms with Crippen LogP contribution in [0.2, 0.25) is 0 Å². The number of aromatic carboxylic acids is 1. The zero-order valence-corrected chi connectivity index (χ0v) is 15.4. The Balaban J connectivity index is 2.22. The number of nitrogens with zero attached hydrogens (tertiary/aromatic N) is 2. The third-order valence-corrected chi connectivity index (χ3v) is 4.27. The van der Waals surface area contributed by atoms with Crippen LogP contribution in [0, 0.1) is 6.92 Å². The fraction of sp³-hybridized carbons (Fsp3) is 0.200. The summed E-state index contributed by atoms with van der Waals surface area (Å²) in [5.74, 6) is -0.729. The lowest BCUT2D eigenvalue weighted by Crippen LogP contribution is -2.12. The standard InChI is InChI=1S/C20H20N4O3/c1-5-15-23-17(16-13(20(26)27)9-21-18(16)24-15)12-7-6-11(4)14(8-12)22-19(25)10(2)3/h6-9H,2,5H2,1,3-4H3,(H,22,25)(H,26,27)(H,21,23,24). The lowest BCUT2D eigenvalue weighted by molar-refractivity contribution is -0.112. The highest BCUT2D eigenvalue weighted by molar-refractivity contribution is 6.08. The molecule has 2 aromatic heterocycles. The van der Waals surface area contributed by atoms with Crippen LogP contribution in [0.3, 0.4) is 0 Å². The summed E-state index contributed by atoms with van der Waals surface area (Å²) in [6.07, 6.45) is 2.03. The van der Waals surface area contributed by atoms with Gasteiger partial charge in [0.05, 0.1) is 16.6 Å². The summed E-state index contributed by atoms with van der Waals surface area (Å²) in [5.41, 5.74) is 3.69. The van der Waals surface area contributed by atoms with Gasteiger partial charge in [0.1, 0.15) is 11.5 Å². The van der Waals surface area contributed by atoms with E-state index in [2.05, 4.69) is 26.8 Å². The topological polar surface area (TPSA) is 108 Å². The van der Waals surface area contributed by atoms with Gasteiger partial charge in [0.25, 0.3) is 5.91 Å². The van der Waals surface area contributed by atoms with Crippen molar-refractivity contribution in [2.45, 2.75) is 27.2 Å². The second-order valence-corrected chi connectivity index (χ2v) is 6.34. The lowest BCUT2D eigenvalue weighted by atomic mass is 10.0. The average Bonchev–Trinajstić information content (AvgIpc) is 3.06. The largest absolute Gasteiger partial charge is 0.478 e. The summed E-state index contributed by atoms with van der Waals surface area (Å²) in [7, 11) is 0. The van der Waals surface area contributed by atoms with Crippen molar-refractivity contribution in [3.8, 4) is 11.3 Å². The van der Waals surface area contributed by atoms with Gasteiger partial charge in [0.15, 0.2) is 0 Å². The molecule has 2 heterocycles. The molecule has 3 rings (SSSR count). The minimum atomic E-state index is -1.06. The number of aromatic nitrogens is 3. The maximum Gasteiger partial charge on any atom is 0.338 e. The van der Waals surface area contributed by atoms with E-state index in [4.69, 9.17) is 0 Å². The highest BCUT2D eigenvalue weighted by Crippen LogP contribution is 2.31. The maximum absolute atomic E-state index is 12.0. The van der Waals surface area contributed by atoms with Gasteiger partial charge in [-0.2, -0.15) is 0 Å². The molecule has 3 aromatic rings. The van der Waals surface area contributed by atoms with E-state index in [1.807, 2.05) is 26.0 Å². The predicted molar refractivity (Wildman–Crippen MR) is 104 cm³/mol. The number of carbonyl (C=O) groups excluding carboxylic acids is 1. The first-order valence-corrected chi connectivity index (χ1v) is 8.51. The summed E-state index contributed by atoms with van der Waals surface area (Å²) < 4.78 is 0. The van der Waals surface area contributed by atoms with Crippen molar-refractivity contribution in [3.05, 3.63) is 53.5 Å². The third-order valence-electron chi connectivity index (χ3n) is 4.27. The van der Waals surface area contributed by atoms with Crippen molar-refractivity contribution in [3.63, 3.8) is 0 Å². The molecule has 7 heteroatoms. The van der Waals surface area contributed by atoms with Crippen LogP contribution >= 0.6 is 0 Å². The molecule has 0 aliphatic heterocycles. The number of anilines is 1. The van der Waals surface area contributed by atoms with Crippen molar-refractivity contribution < 1.29 is 14.7 Å². The Morgan fingerprint density at radius 3 is 2.67 bits per heavy atom. The first-order chi connectivity index (χ1) is 12.8. The zero-order valence-electron chi connectivity index (χ0n) is 15.4. The molecule has 0 bridgehead atoms. The molecular weight excluding hydrogens is 344 g/mol. The number of H-pyrrole nitrogens is 1. The minimum absolute atomic E-state index is 0.107. The molecule has 1 amide bonds. The summed E-state index contributed by atoms with van der Waals surface area (Å²) in [4.78, 5) is 35.5. The van der Waals surface area contributed by atoms with Gasteiger partial charge in [-0.05, 0) is 25.5 Å². The van der Waals surface area contributed by atoms with Crippen LogP contribution < -0.4 is 5.32 Å². The summed E-state index contributed by atoms with van der Waals surface area (Å²) in [6, 6.07) is 5.50. The Bertz CT molecular complexity index is 1080. The van der Waals surface area contributed by atoms with Crippen LogP contribution in [-0.4, -0.2) is 31.9 Å². The number of hydrogen-bond acceptors (Lipinski definition) is 4. The Kier molecular flexibility index (Phi) is 4.77. The van der Waals surface area contributed by atoms with Gasteiger partial charge >= 0.3 is 5.97 Å². The number of aryl methyl sites for hydroxylation is 2. The van der Waals surface area contributed by atoms with Crippen molar-refractivity contribution in [1.29, 1.82) is 0 Å². The van der Waals surface area contributed by atoms with E-state index in [0.717, 1.165) is 5.56 Å². The number of carboxylic acid groups (broad SMARTS) is 1. The number of aromatic amines is 1. The molecule has 0 radical (unpaired) electrons. The van der Waals surface area contributed by atoms with E-state index in [1.54, 1.807) is 13.0 Å². The van der Waals surface area contributed by atoms with Crippen LogP contribution in [0.4, 0.5) is 5.69 Å². The molecule has 0 spiro atoms. The SMILES string of the molecule is C=C(C)C(=O)Nc1cc(-c2nc(CC)nc3[nH]cc(C(=O)O)c23)ccc1C. The quantitative estimate of drug-likeness (QED) is 0.598. The molecule has 0 saturated heterocycles. The first kappa shape index (κ1) is 18.3. The van der Waals surface area contributed by atoms with Crippen molar-refractivity contribution in [2.24, 2.45) is 0 Å². The molecule has 138 valence electrons. The van der Waals surface area contributed by atoms with E-state index in [9.17, 15) is 14.7 Å². The summed E-state index contributed by atoms with van der Waals surface area (Å²) in [5, 5.41) is 12.8. The van der Waals surface area contributed by atoms with E-state index >= 15 is 0 Å². The molecule has 0 atom stereocenters. The maximum atomic E-state index is 12.0. The van der Waals surface area contributed by atoms with Gasteiger partial charge in [-0.1, -0.05) is 25.6 Å². The minimum Gasteiger partial charge on any atom is -0.478 e. The highest BCUT2D eigenvalue weighted by atomic mass is 16.4. The predicted octanol–water partition coefficient (Wildman–Crippen LogP) is 3.71. The second kappa shape index (κ2) is 7.03. The van der Waals surface area contributed by atoms with E-state index in [-0.39, 0.29) is 11.5 Å². The van der Waals surface area contributed by atoms with E-state index in [0.29, 0.717) is 45.8 Å². The molecule has 0 unspecified atom stereocenters. The van der Waals surface area contributed by atoms with E-state index < -0.39 is 5.97 Å². The molecule has 0 fully saturated rings. The van der Waals surface area contributed by atoms with Gasteiger partial charge in [-0.25, -0.2) is 14.8 Å². The van der Waals surface area contributed by atoms with Crippen molar-refractivity contribution in [2.75, 3.05) is 5.32 Å². The molecular formula is C20H20N4O3.